The molecular weight excluding hydrogens is 194 g/mol. The lowest BCUT2D eigenvalue weighted by Gasteiger charge is -2.42. The number of hydrogen-bond acceptors (Lipinski definition) is 3. The molecule has 1 aliphatic rings. The zero-order valence-electron chi connectivity index (χ0n) is 8.82. The molecule has 1 saturated heterocycles. The first-order chi connectivity index (χ1) is 6.76. The minimum atomic E-state index is 0.229. The summed E-state index contributed by atoms with van der Waals surface area (Å²) in [6, 6.07) is 4.39. The minimum Gasteiger partial charge on any atom is -0.381 e. The molecule has 2 rings (SSSR count). The number of nitrogens with zero attached hydrogens (tertiary/aromatic N) is 1. The summed E-state index contributed by atoms with van der Waals surface area (Å²) in [4.78, 5) is 3.83. The molecule has 0 bridgehead atoms. The van der Waals surface area contributed by atoms with Crippen molar-refractivity contribution in [1.82, 2.24) is 4.90 Å². The maximum atomic E-state index is 5.45. The van der Waals surface area contributed by atoms with Crippen molar-refractivity contribution in [3.8, 4) is 0 Å². The van der Waals surface area contributed by atoms with E-state index in [1.807, 2.05) is 11.3 Å². The Hall–Kier alpha value is -0.380. The number of hydrogen-bond donors (Lipinski definition) is 0. The molecule has 0 N–H and O–H groups in total. The van der Waals surface area contributed by atoms with Gasteiger partial charge in [0.05, 0.1) is 5.54 Å². The SMILES string of the molecule is CN(C)C1(c2cccs2)CCOCC1. The van der Waals surface area contributed by atoms with Crippen LogP contribution in [0.1, 0.15) is 17.7 Å². The first kappa shape index (κ1) is 10.1. The van der Waals surface area contributed by atoms with Gasteiger partial charge in [0, 0.05) is 18.1 Å². The molecule has 0 saturated carbocycles. The highest BCUT2D eigenvalue weighted by Gasteiger charge is 2.37. The van der Waals surface area contributed by atoms with Gasteiger partial charge in [0.1, 0.15) is 0 Å². The summed E-state index contributed by atoms with van der Waals surface area (Å²) in [6.45, 7) is 1.77. The van der Waals surface area contributed by atoms with Gasteiger partial charge in [-0.1, -0.05) is 6.07 Å². The predicted octanol–water partition coefficient (Wildman–Crippen LogP) is 2.32. The minimum absolute atomic E-state index is 0.229. The van der Waals surface area contributed by atoms with Gasteiger partial charge in [0.15, 0.2) is 0 Å². The average Bonchev–Trinajstić information content (AvgIpc) is 2.72. The predicted molar refractivity (Wildman–Crippen MR) is 59.7 cm³/mol. The van der Waals surface area contributed by atoms with Crippen LogP contribution >= 0.6 is 11.3 Å². The van der Waals surface area contributed by atoms with E-state index in [1.165, 1.54) is 4.88 Å². The van der Waals surface area contributed by atoms with E-state index in [1.54, 1.807) is 0 Å². The molecule has 0 aliphatic carbocycles. The molecule has 1 aliphatic heterocycles. The number of ether oxygens (including phenoxy) is 1. The van der Waals surface area contributed by atoms with Gasteiger partial charge < -0.3 is 4.74 Å². The van der Waals surface area contributed by atoms with E-state index >= 15 is 0 Å². The van der Waals surface area contributed by atoms with Crippen molar-refractivity contribution >= 4 is 11.3 Å². The van der Waals surface area contributed by atoms with Crippen LogP contribution in [0.15, 0.2) is 17.5 Å². The normalized spacial score (nSPS) is 21.4. The van der Waals surface area contributed by atoms with Crippen LogP contribution in [0.5, 0.6) is 0 Å². The topological polar surface area (TPSA) is 12.5 Å². The van der Waals surface area contributed by atoms with Crippen molar-refractivity contribution in [1.29, 1.82) is 0 Å². The maximum Gasteiger partial charge on any atom is 0.0592 e. The van der Waals surface area contributed by atoms with E-state index in [2.05, 4.69) is 36.5 Å². The monoisotopic (exact) mass is 211 g/mol. The molecule has 1 fully saturated rings. The highest BCUT2D eigenvalue weighted by atomic mass is 32.1. The van der Waals surface area contributed by atoms with Gasteiger partial charge in [0.2, 0.25) is 0 Å². The molecule has 3 heteroatoms. The molecule has 0 amide bonds. The third kappa shape index (κ3) is 1.60. The molecule has 0 unspecified atom stereocenters. The molecule has 1 aromatic heterocycles. The van der Waals surface area contributed by atoms with Gasteiger partial charge >= 0.3 is 0 Å². The number of thiophene rings is 1. The standard InChI is InChI=1S/C11H17NOS/c1-12(2)11(5-7-13-8-6-11)10-4-3-9-14-10/h3-4,9H,5-8H2,1-2H3. The van der Waals surface area contributed by atoms with Crippen molar-refractivity contribution in [2.24, 2.45) is 0 Å². The highest BCUT2D eigenvalue weighted by molar-refractivity contribution is 7.10. The molecule has 2 nitrogen and oxygen atoms in total. The number of rotatable bonds is 2. The van der Waals surface area contributed by atoms with Crippen LogP contribution in [0.3, 0.4) is 0 Å². The lowest BCUT2D eigenvalue weighted by Crippen LogP contribution is -2.45. The maximum absolute atomic E-state index is 5.45. The van der Waals surface area contributed by atoms with Crippen LogP contribution in [0, 0.1) is 0 Å². The Morgan fingerprint density at radius 1 is 1.36 bits per heavy atom. The molecular formula is C11H17NOS. The van der Waals surface area contributed by atoms with Gasteiger partial charge in [-0.2, -0.15) is 0 Å². The second kappa shape index (κ2) is 4.01. The second-order valence-corrected chi connectivity index (χ2v) is 4.96. The molecule has 2 heterocycles. The fourth-order valence-corrected chi connectivity index (χ4v) is 3.23. The van der Waals surface area contributed by atoms with Gasteiger partial charge in [-0.25, -0.2) is 0 Å². The van der Waals surface area contributed by atoms with E-state index in [-0.39, 0.29) is 5.54 Å². The Balaban J connectivity index is 2.30. The van der Waals surface area contributed by atoms with E-state index in [0.717, 1.165) is 26.1 Å². The lowest BCUT2D eigenvalue weighted by molar-refractivity contribution is -0.00856. The van der Waals surface area contributed by atoms with Gasteiger partial charge in [0.25, 0.3) is 0 Å². The van der Waals surface area contributed by atoms with E-state index in [0.29, 0.717) is 0 Å². The molecule has 14 heavy (non-hydrogen) atoms. The zero-order valence-corrected chi connectivity index (χ0v) is 9.64. The summed E-state index contributed by atoms with van der Waals surface area (Å²) < 4.78 is 5.45. The Morgan fingerprint density at radius 3 is 2.57 bits per heavy atom. The Labute approximate surface area is 89.5 Å². The van der Waals surface area contributed by atoms with Crippen molar-refractivity contribution in [3.05, 3.63) is 22.4 Å². The van der Waals surface area contributed by atoms with Gasteiger partial charge in [-0.05, 0) is 38.4 Å². The Morgan fingerprint density at radius 2 is 2.07 bits per heavy atom. The van der Waals surface area contributed by atoms with E-state index < -0.39 is 0 Å². The molecule has 0 radical (unpaired) electrons. The molecule has 0 spiro atoms. The summed E-state index contributed by atoms with van der Waals surface area (Å²) in [5.74, 6) is 0. The van der Waals surface area contributed by atoms with Crippen LogP contribution in [-0.2, 0) is 10.3 Å². The quantitative estimate of drug-likeness (QED) is 0.744. The second-order valence-electron chi connectivity index (χ2n) is 4.02. The fourth-order valence-electron chi connectivity index (χ4n) is 2.17. The van der Waals surface area contributed by atoms with Crippen LogP contribution in [0.4, 0.5) is 0 Å². The summed E-state index contributed by atoms with van der Waals surface area (Å²) >= 11 is 1.86. The molecule has 78 valence electrons. The van der Waals surface area contributed by atoms with Crippen LogP contribution in [0.2, 0.25) is 0 Å². The van der Waals surface area contributed by atoms with E-state index in [4.69, 9.17) is 4.74 Å². The van der Waals surface area contributed by atoms with E-state index in [9.17, 15) is 0 Å². The van der Waals surface area contributed by atoms with Gasteiger partial charge in [-0.15, -0.1) is 11.3 Å². The van der Waals surface area contributed by atoms with Crippen molar-refractivity contribution < 1.29 is 4.74 Å². The van der Waals surface area contributed by atoms with Crippen LogP contribution < -0.4 is 0 Å². The smallest absolute Gasteiger partial charge is 0.0592 e. The third-order valence-electron chi connectivity index (χ3n) is 3.16. The zero-order chi connectivity index (χ0) is 10.0. The largest absolute Gasteiger partial charge is 0.381 e. The van der Waals surface area contributed by atoms with Gasteiger partial charge in [-0.3, -0.25) is 4.90 Å². The first-order valence-electron chi connectivity index (χ1n) is 5.05. The van der Waals surface area contributed by atoms with Crippen molar-refractivity contribution in [3.63, 3.8) is 0 Å². The summed E-state index contributed by atoms with van der Waals surface area (Å²) in [6.07, 6.45) is 2.22. The van der Waals surface area contributed by atoms with Crippen LogP contribution in [-0.4, -0.2) is 32.2 Å². The molecule has 0 aromatic carbocycles. The Bertz CT molecular complexity index is 275. The van der Waals surface area contributed by atoms with Crippen LogP contribution in [0.25, 0.3) is 0 Å². The lowest BCUT2D eigenvalue weighted by atomic mass is 9.87. The molecule has 1 aromatic rings. The average molecular weight is 211 g/mol. The summed E-state index contributed by atoms with van der Waals surface area (Å²) in [5, 5.41) is 2.16. The highest BCUT2D eigenvalue weighted by Crippen LogP contribution is 2.38. The van der Waals surface area contributed by atoms with Crippen molar-refractivity contribution in [2.45, 2.75) is 18.4 Å². The fraction of sp³-hybridized carbons (Fsp3) is 0.636. The summed E-state index contributed by atoms with van der Waals surface area (Å²) in [5.41, 5.74) is 0.229. The third-order valence-corrected chi connectivity index (χ3v) is 4.22. The summed E-state index contributed by atoms with van der Waals surface area (Å²) in [7, 11) is 4.34. The molecule has 0 atom stereocenters. The first-order valence-corrected chi connectivity index (χ1v) is 5.93. The Kier molecular flexibility index (Phi) is 2.91. The van der Waals surface area contributed by atoms with Crippen molar-refractivity contribution in [2.75, 3.05) is 27.3 Å².